The first-order valence-electron chi connectivity index (χ1n) is 9.75. The van der Waals surface area contributed by atoms with E-state index in [-0.39, 0.29) is 36.8 Å². The average molecular weight is 419 g/mol. The highest BCUT2D eigenvalue weighted by Crippen LogP contribution is 2.61. The number of hydrogen-bond donors (Lipinski definition) is 1. The third kappa shape index (κ3) is 3.74. The summed E-state index contributed by atoms with van der Waals surface area (Å²) in [7, 11) is 0. The van der Waals surface area contributed by atoms with Crippen molar-refractivity contribution in [3.63, 3.8) is 0 Å². The number of aliphatic hydroxyl groups excluding tert-OH is 1. The van der Waals surface area contributed by atoms with Crippen LogP contribution in [0, 0.1) is 23.2 Å². The Morgan fingerprint density at radius 1 is 1.29 bits per heavy atom. The molecule has 0 aromatic rings. The van der Waals surface area contributed by atoms with E-state index in [1.165, 1.54) is 13.8 Å². The van der Waals surface area contributed by atoms with Crippen molar-refractivity contribution in [2.24, 2.45) is 23.2 Å². The fraction of sp³-hybridized carbons (Fsp3) is 0.895. The van der Waals surface area contributed by atoms with Crippen LogP contribution >= 0.6 is 0 Å². The maximum absolute atomic E-state index is 12.3. The topological polar surface area (TPSA) is 108 Å². The maximum Gasteiger partial charge on any atom is 0.305 e. The number of ether oxygens (including phenoxy) is 2. The van der Waals surface area contributed by atoms with Gasteiger partial charge in [-0.2, -0.15) is 4.21 Å². The van der Waals surface area contributed by atoms with Gasteiger partial charge in [-0.1, -0.05) is 13.8 Å². The summed E-state index contributed by atoms with van der Waals surface area (Å²) >= 11 is -1.94. The molecule has 0 spiro atoms. The van der Waals surface area contributed by atoms with Crippen LogP contribution in [-0.2, 0) is 38.8 Å². The molecule has 0 bridgehead atoms. The molecular weight excluding hydrogens is 388 g/mol. The van der Waals surface area contributed by atoms with Crippen molar-refractivity contribution in [1.82, 2.24) is 0 Å². The summed E-state index contributed by atoms with van der Waals surface area (Å²) in [6, 6.07) is 0. The summed E-state index contributed by atoms with van der Waals surface area (Å²) in [5, 5.41) is 10.8. The van der Waals surface area contributed by atoms with Gasteiger partial charge in [0.05, 0.1) is 24.4 Å². The van der Waals surface area contributed by atoms with Gasteiger partial charge in [0.1, 0.15) is 6.10 Å². The predicted octanol–water partition coefficient (Wildman–Crippen LogP) is 1.67. The van der Waals surface area contributed by atoms with Crippen LogP contribution in [0.25, 0.3) is 0 Å². The quantitative estimate of drug-likeness (QED) is 0.687. The molecule has 2 saturated carbocycles. The number of aliphatic hydroxyl groups is 1. The minimum absolute atomic E-state index is 0.00202. The van der Waals surface area contributed by atoms with E-state index in [4.69, 9.17) is 17.8 Å². The van der Waals surface area contributed by atoms with Gasteiger partial charge in [0, 0.05) is 31.6 Å². The van der Waals surface area contributed by atoms with E-state index in [2.05, 4.69) is 0 Å². The van der Waals surface area contributed by atoms with Crippen LogP contribution in [0.4, 0.5) is 0 Å². The molecule has 1 saturated heterocycles. The monoisotopic (exact) mass is 418 g/mol. The van der Waals surface area contributed by atoms with Gasteiger partial charge in [-0.3, -0.25) is 18.0 Å². The van der Waals surface area contributed by atoms with Crippen molar-refractivity contribution in [3.05, 3.63) is 0 Å². The molecule has 8 nitrogen and oxygen atoms in total. The smallest absolute Gasteiger partial charge is 0.305 e. The molecule has 0 radical (unpaired) electrons. The maximum atomic E-state index is 12.3. The van der Waals surface area contributed by atoms with Crippen LogP contribution in [0.2, 0.25) is 0 Å². The molecule has 0 aromatic heterocycles. The fourth-order valence-corrected chi connectivity index (χ4v) is 6.68. The van der Waals surface area contributed by atoms with Gasteiger partial charge in [-0.05, 0) is 31.6 Å². The molecule has 3 rings (SSSR count). The molecule has 3 aliphatic rings. The van der Waals surface area contributed by atoms with Crippen molar-refractivity contribution in [2.45, 2.75) is 77.8 Å². The largest absolute Gasteiger partial charge is 0.466 e. The van der Waals surface area contributed by atoms with Crippen molar-refractivity contribution >= 4 is 23.3 Å². The van der Waals surface area contributed by atoms with Crippen molar-refractivity contribution in [2.75, 3.05) is 6.61 Å². The lowest BCUT2D eigenvalue weighted by Gasteiger charge is -2.63. The molecule has 1 aliphatic heterocycles. The number of carbonyl (C=O) groups is 2. The molecule has 160 valence electrons. The first-order valence-corrected chi connectivity index (χ1v) is 10.7. The van der Waals surface area contributed by atoms with Gasteiger partial charge in [-0.15, -0.1) is 0 Å². The molecule has 28 heavy (non-hydrogen) atoms. The Hall–Kier alpha value is -1.03. The highest BCUT2D eigenvalue weighted by molar-refractivity contribution is 7.75. The lowest BCUT2D eigenvalue weighted by atomic mass is 9.49. The Morgan fingerprint density at radius 3 is 2.57 bits per heavy atom. The molecule has 0 amide bonds. The average Bonchev–Trinajstić information content (AvgIpc) is 2.55. The standard InChI is InChI=1S/C19H30O8S/c1-10(9-24-11(2)20)13-6-7-18(4)16-15(13)26-28(23)27-19(16,5)8-14(22)17(18)25-12(3)21/h10,13-17,22H,6-9H2,1-5H3/t10-,13+,14+,15+,16?,17-,18-,19-,28-/m1/s1. The molecule has 1 unspecified atom stereocenters. The molecular formula is C19H30O8S. The van der Waals surface area contributed by atoms with E-state index >= 15 is 0 Å². The summed E-state index contributed by atoms with van der Waals surface area (Å²) in [6.45, 7) is 8.76. The molecule has 1 heterocycles. The molecule has 9 atom stereocenters. The number of rotatable bonds is 4. The number of carbonyl (C=O) groups excluding carboxylic acids is 2. The summed E-state index contributed by atoms with van der Waals surface area (Å²) in [5.74, 6) is -1.03. The number of esters is 2. The lowest BCUT2D eigenvalue weighted by Crippen LogP contribution is -2.70. The first kappa shape index (κ1) is 21.7. The summed E-state index contributed by atoms with van der Waals surface area (Å²) in [6.07, 6.45) is -0.447. The molecule has 9 heteroatoms. The zero-order valence-corrected chi connectivity index (χ0v) is 17.8. The van der Waals surface area contributed by atoms with Crippen molar-refractivity contribution < 1.29 is 36.7 Å². The highest BCUT2D eigenvalue weighted by Gasteiger charge is 2.67. The zero-order chi connectivity index (χ0) is 20.9. The summed E-state index contributed by atoms with van der Waals surface area (Å²) in [4.78, 5) is 22.9. The van der Waals surface area contributed by atoms with Crippen molar-refractivity contribution in [1.29, 1.82) is 0 Å². The molecule has 0 aromatic carbocycles. The van der Waals surface area contributed by atoms with Gasteiger partial charge < -0.3 is 14.6 Å². The SMILES string of the molecule is CC(=O)OC[C@@H](C)[C@@H]1CC[C@]2(C)C3[C@H]1O[S@@](=O)O[C@]3(C)C[C@H](O)[C@H]2OC(C)=O. The van der Waals surface area contributed by atoms with Crippen LogP contribution in [0.1, 0.15) is 53.9 Å². The van der Waals surface area contributed by atoms with E-state index < -0.39 is 46.7 Å². The third-order valence-electron chi connectivity index (χ3n) is 6.77. The van der Waals surface area contributed by atoms with Gasteiger partial charge >= 0.3 is 23.3 Å². The Labute approximate surface area is 168 Å². The number of hydrogen-bond acceptors (Lipinski definition) is 8. The molecule has 1 N–H and O–H groups in total. The van der Waals surface area contributed by atoms with E-state index in [0.29, 0.717) is 12.8 Å². The first-order chi connectivity index (χ1) is 13.0. The highest BCUT2D eigenvalue weighted by atomic mass is 32.2. The van der Waals surface area contributed by atoms with Crippen LogP contribution in [-0.4, -0.2) is 51.8 Å². The predicted molar refractivity (Wildman–Crippen MR) is 98.8 cm³/mol. The lowest BCUT2D eigenvalue weighted by molar-refractivity contribution is -0.258. The second-order valence-corrected chi connectivity index (χ2v) is 9.70. The Kier molecular flexibility index (Phi) is 5.93. The van der Waals surface area contributed by atoms with E-state index in [9.17, 15) is 18.9 Å². The Balaban J connectivity index is 1.95. The van der Waals surface area contributed by atoms with Crippen molar-refractivity contribution in [3.8, 4) is 0 Å². The Bertz CT molecular complexity index is 668. The van der Waals surface area contributed by atoms with E-state index in [1.54, 1.807) is 0 Å². The van der Waals surface area contributed by atoms with Crippen LogP contribution in [0.3, 0.4) is 0 Å². The normalized spacial score (nSPS) is 46.2. The Morgan fingerprint density at radius 2 is 1.96 bits per heavy atom. The minimum atomic E-state index is -1.94. The van der Waals surface area contributed by atoms with Crippen LogP contribution in [0.5, 0.6) is 0 Å². The van der Waals surface area contributed by atoms with Crippen LogP contribution in [0.15, 0.2) is 0 Å². The molecule has 3 fully saturated rings. The van der Waals surface area contributed by atoms with E-state index in [1.807, 2.05) is 20.8 Å². The zero-order valence-electron chi connectivity index (χ0n) is 17.0. The third-order valence-corrected chi connectivity index (χ3v) is 7.67. The van der Waals surface area contributed by atoms with Gasteiger partial charge in [0.2, 0.25) is 0 Å². The van der Waals surface area contributed by atoms with Gasteiger partial charge in [0.25, 0.3) is 0 Å². The summed E-state index contributed by atoms with van der Waals surface area (Å²) < 4.78 is 34.5. The second kappa shape index (κ2) is 7.66. The minimum Gasteiger partial charge on any atom is -0.466 e. The molecule has 2 aliphatic carbocycles. The van der Waals surface area contributed by atoms with Crippen LogP contribution < -0.4 is 0 Å². The summed E-state index contributed by atoms with van der Waals surface area (Å²) in [5.41, 5.74) is -1.47. The fourth-order valence-electron chi connectivity index (χ4n) is 5.72. The van der Waals surface area contributed by atoms with E-state index in [0.717, 1.165) is 0 Å². The van der Waals surface area contributed by atoms with Gasteiger partial charge in [0.15, 0.2) is 0 Å². The van der Waals surface area contributed by atoms with Gasteiger partial charge in [-0.25, -0.2) is 0 Å². The second-order valence-electron chi connectivity index (χ2n) is 8.93.